The Morgan fingerprint density at radius 1 is 1.37 bits per heavy atom. The molecule has 2 N–H and O–H groups in total. The predicted octanol–water partition coefficient (Wildman–Crippen LogP) is 0.345. The van der Waals surface area contributed by atoms with Crippen LogP contribution in [-0.4, -0.2) is 36.2 Å². The van der Waals surface area contributed by atoms with Crippen LogP contribution >= 0.6 is 0 Å². The van der Waals surface area contributed by atoms with E-state index in [1.807, 2.05) is 6.92 Å². The van der Waals surface area contributed by atoms with E-state index in [9.17, 15) is 8.42 Å². The molecule has 1 aliphatic carbocycles. The average Bonchev–Trinajstić information content (AvgIpc) is 3.19. The lowest BCUT2D eigenvalue weighted by Crippen LogP contribution is -2.39. The third kappa shape index (κ3) is 4.52. The summed E-state index contributed by atoms with van der Waals surface area (Å²) in [7, 11) is -3.32. The predicted molar refractivity (Wildman–Crippen MR) is 73.0 cm³/mol. The lowest BCUT2D eigenvalue weighted by molar-refractivity contribution is 0.556. The highest BCUT2D eigenvalue weighted by Crippen LogP contribution is 2.18. The molecule has 1 aliphatic rings. The van der Waals surface area contributed by atoms with Crippen LogP contribution in [0.5, 0.6) is 0 Å². The first-order valence-corrected chi connectivity index (χ1v) is 8.01. The van der Waals surface area contributed by atoms with Crippen molar-refractivity contribution >= 4 is 10.0 Å². The molecule has 7 heteroatoms. The number of aryl methyl sites for hydroxylation is 1. The van der Waals surface area contributed by atoms with Gasteiger partial charge in [0.05, 0.1) is 29.4 Å². The van der Waals surface area contributed by atoms with Gasteiger partial charge in [0, 0.05) is 18.8 Å². The van der Waals surface area contributed by atoms with Crippen molar-refractivity contribution in [1.29, 1.82) is 0 Å². The molecule has 1 unspecified atom stereocenters. The molecule has 0 bridgehead atoms. The molecule has 0 aliphatic heterocycles. The smallest absolute Gasteiger partial charge is 0.215 e. The zero-order chi connectivity index (χ0) is 13.9. The fraction of sp³-hybridized carbons (Fsp3) is 0.667. The zero-order valence-corrected chi connectivity index (χ0v) is 12.1. The Labute approximate surface area is 114 Å². The molecule has 1 aromatic heterocycles. The number of hydrogen-bond donors (Lipinski definition) is 2. The van der Waals surface area contributed by atoms with E-state index in [0.717, 1.165) is 18.5 Å². The Kier molecular flexibility index (Phi) is 4.49. The molecule has 1 heterocycles. The van der Waals surface area contributed by atoms with Gasteiger partial charge in [0.1, 0.15) is 0 Å². The van der Waals surface area contributed by atoms with Crippen molar-refractivity contribution in [2.75, 3.05) is 6.54 Å². The van der Waals surface area contributed by atoms with Crippen molar-refractivity contribution in [3.05, 3.63) is 23.8 Å². The Balaban J connectivity index is 1.83. The van der Waals surface area contributed by atoms with Crippen LogP contribution in [0.1, 0.15) is 31.2 Å². The standard InChI is InChI=1S/C12H20N4O2S/c1-9-5-14-12(7-13-9)8-16-19(17,18)10(2)6-15-11-3-4-11/h5,7,10-11,15-16H,3-4,6,8H2,1-2H3. The van der Waals surface area contributed by atoms with Gasteiger partial charge in [-0.1, -0.05) is 0 Å². The molecular weight excluding hydrogens is 264 g/mol. The van der Waals surface area contributed by atoms with E-state index in [1.165, 1.54) is 0 Å². The van der Waals surface area contributed by atoms with Gasteiger partial charge in [-0.25, -0.2) is 13.1 Å². The maximum absolute atomic E-state index is 12.0. The lowest BCUT2D eigenvalue weighted by Gasteiger charge is -2.14. The molecule has 1 atom stereocenters. The van der Waals surface area contributed by atoms with Crippen molar-refractivity contribution in [1.82, 2.24) is 20.0 Å². The van der Waals surface area contributed by atoms with Crippen molar-refractivity contribution in [2.45, 2.75) is 44.5 Å². The van der Waals surface area contributed by atoms with E-state index in [1.54, 1.807) is 19.3 Å². The van der Waals surface area contributed by atoms with Crippen LogP contribution in [0.3, 0.4) is 0 Å². The second-order valence-corrected chi connectivity index (χ2v) is 7.19. The van der Waals surface area contributed by atoms with Gasteiger partial charge >= 0.3 is 0 Å². The van der Waals surface area contributed by atoms with Crippen LogP contribution in [0.2, 0.25) is 0 Å². The summed E-state index contributed by atoms with van der Waals surface area (Å²) in [4.78, 5) is 8.20. The molecule has 19 heavy (non-hydrogen) atoms. The zero-order valence-electron chi connectivity index (χ0n) is 11.3. The van der Waals surface area contributed by atoms with Gasteiger partial charge in [-0.3, -0.25) is 9.97 Å². The van der Waals surface area contributed by atoms with Crippen molar-refractivity contribution < 1.29 is 8.42 Å². The van der Waals surface area contributed by atoms with E-state index in [0.29, 0.717) is 18.3 Å². The van der Waals surface area contributed by atoms with Crippen LogP contribution < -0.4 is 10.0 Å². The largest absolute Gasteiger partial charge is 0.313 e. The summed E-state index contributed by atoms with van der Waals surface area (Å²) in [6.07, 6.45) is 5.52. The average molecular weight is 284 g/mol. The summed E-state index contributed by atoms with van der Waals surface area (Å²) < 4.78 is 26.6. The first-order valence-electron chi connectivity index (χ1n) is 6.47. The molecule has 106 valence electrons. The SMILES string of the molecule is Cc1cnc(CNS(=O)(=O)C(C)CNC2CC2)cn1. The van der Waals surface area contributed by atoms with E-state index in [-0.39, 0.29) is 6.54 Å². The molecule has 0 amide bonds. The molecule has 6 nitrogen and oxygen atoms in total. The van der Waals surface area contributed by atoms with Gasteiger partial charge in [-0.15, -0.1) is 0 Å². The van der Waals surface area contributed by atoms with Gasteiger partial charge in [-0.05, 0) is 26.7 Å². The van der Waals surface area contributed by atoms with Gasteiger partial charge in [0.15, 0.2) is 0 Å². The summed E-state index contributed by atoms with van der Waals surface area (Å²) in [5.41, 5.74) is 1.44. The summed E-state index contributed by atoms with van der Waals surface area (Å²) in [5, 5.41) is 2.77. The minimum absolute atomic E-state index is 0.184. The van der Waals surface area contributed by atoms with Crippen LogP contribution in [0.15, 0.2) is 12.4 Å². The fourth-order valence-corrected chi connectivity index (χ4v) is 2.51. The summed E-state index contributed by atoms with van der Waals surface area (Å²) in [6, 6.07) is 0.514. The number of aromatic nitrogens is 2. The lowest BCUT2D eigenvalue weighted by atomic mass is 10.4. The van der Waals surface area contributed by atoms with Crippen LogP contribution in [0, 0.1) is 6.92 Å². The number of rotatable bonds is 7. The first kappa shape index (κ1) is 14.4. The Morgan fingerprint density at radius 2 is 2.11 bits per heavy atom. The van der Waals surface area contributed by atoms with Crippen molar-refractivity contribution in [3.63, 3.8) is 0 Å². The van der Waals surface area contributed by atoms with E-state index < -0.39 is 15.3 Å². The van der Waals surface area contributed by atoms with Gasteiger partial charge in [0.2, 0.25) is 10.0 Å². The van der Waals surface area contributed by atoms with Gasteiger partial charge < -0.3 is 5.32 Å². The van der Waals surface area contributed by atoms with Crippen molar-refractivity contribution in [3.8, 4) is 0 Å². The number of hydrogen-bond acceptors (Lipinski definition) is 5. The molecule has 0 radical (unpaired) electrons. The topological polar surface area (TPSA) is 84.0 Å². The Morgan fingerprint density at radius 3 is 2.68 bits per heavy atom. The van der Waals surface area contributed by atoms with Crippen LogP contribution in [-0.2, 0) is 16.6 Å². The minimum Gasteiger partial charge on any atom is -0.313 e. The summed E-state index contributed by atoms with van der Waals surface area (Å²) >= 11 is 0. The van der Waals surface area contributed by atoms with E-state index in [2.05, 4.69) is 20.0 Å². The third-order valence-electron chi connectivity index (χ3n) is 3.09. The molecular formula is C12H20N4O2S. The number of nitrogens with zero attached hydrogens (tertiary/aromatic N) is 2. The monoisotopic (exact) mass is 284 g/mol. The van der Waals surface area contributed by atoms with E-state index in [4.69, 9.17) is 0 Å². The highest BCUT2D eigenvalue weighted by Gasteiger charge is 2.25. The van der Waals surface area contributed by atoms with Crippen LogP contribution in [0.4, 0.5) is 0 Å². The molecule has 1 aromatic rings. The molecule has 0 saturated heterocycles. The molecule has 0 spiro atoms. The van der Waals surface area contributed by atoms with Gasteiger partial charge in [0.25, 0.3) is 0 Å². The van der Waals surface area contributed by atoms with Gasteiger partial charge in [-0.2, -0.15) is 0 Å². The Bertz CT molecular complexity index is 511. The maximum Gasteiger partial charge on any atom is 0.215 e. The fourth-order valence-electron chi connectivity index (χ4n) is 1.56. The molecule has 2 rings (SSSR count). The molecule has 0 aromatic carbocycles. The quantitative estimate of drug-likeness (QED) is 0.754. The van der Waals surface area contributed by atoms with Crippen LogP contribution in [0.25, 0.3) is 0 Å². The summed E-state index contributed by atoms with van der Waals surface area (Å²) in [5.74, 6) is 0. The maximum atomic E-state index is 12.0. The van der Waals surface area contributed by atoms with Crippen molar-refractivity contribution in [2.24, 2.45) is 0 Å². The highest BCUT2D eigenvalue weighted by molar-refractivity contribution is 7.90. The second kappa shape index (κ2) is 5.94. The normalized spacial score (nSPS) is 17.4. The second-order valence-electron chi connectivity index (χ2n) is 5.01. The first-order chi connectivity index (χ1) is 8.97. The number of nitrogens with one attached hydrogen (secondary N) is 2. The molecule has 1 fully saturated rings. The highest BCUT2D eigenvalue weighted by atomic mass is 32.2. The third-order valence-corrected chi connectivity index (χ3v) is 4.86. The number of sulfonamides is 1. The minimum atomic E-state index is -3.32. The molecule has 1 saturated carbocycles. The summed E-state index contributed by atoms with van der Waals surface area (Å²) in [6.45, 7) is 4.22. The Hall–Kier alpha value is -1.05. The van der Waals surface area contributed by atoms with E-state index >= 15 is 0 Å².